The molecule has 0 saturated heterocycles. The van der Waals surface area contributed by atoms with Crippen LogP contribution in [0, 0.1) is 6.92 Å². The normalized spacial score (nSPS) is 13.1. The maximum Gasteiger partial charge on any atom is 0.322 e. The predicted molar refractivity (Wildman–Crippen MR) is 60.5 cm³/mol. The summed E-state index contributed by atoms with van der Waals surface area (Å²) in [5.41, 5.74) is 0.953. The first-order valence-electron chi connectivity index (χ1n) is 4.45. The first-order chi connectivity index (χ1) is 6.99. The molecule has 1 unspecified atom stereocenters. The molecule has 0 saturated carbocycles. The fraction of sp³-hybridized carbons (Fsp3) is 0.556. The summed E-state index contributed by atoms with van der Waals surface area (Å²) in [7, 11) is 1.83. The average Bonchev–Trinajstić information content (AvgIpc) is 2.50. The maximum absolute atomic E-state index is 10.5. The molecule has 0 amide bonds. The third kappa shape index (κ3) is 4.15. The van der Waals surface area contributed by atoms with Crippen LogP contribution in [0.1, 0.15) is 10.7 Å². The van der Waals surface area contributed by atoms with Crippen molar-refractivity contribution in [1.29, 1.82) is 0 Å². The Hall–Kier alpha value is -0.650. The molecule has 0 radical (unpaired) electrons. The van der Waals surface area contributed by atoms with Crippen molar-refractivity contribution in [1.82, 2.24) is 9.88 Å². The predicted octanol–water partition coefficient (Wildman–Crippen LogP) is 1.58. The van der Waals surface area contributed by atoms with E-state index in [1.165, 1.54) is 0 Å². The van der Waals surface area contributed by atoms with Crippen molar-refractivity contribution in [3.8, 4) is 0 Å². The lowest BCUT2D eigenvalue weighted by atomic mass is 10.3. The minimum atomic E-state index is -0.988. The number of alkyl halides is 1. The number of halogens is 1. The van der Waals surface area contributed by atoms with Crippen molar-refractivity contribution >= 4 is 28.9 Å². The van der Waals surface area contributed by atoms with E-state index in [1.807, 2.05) is 24.3 Å². The SMILES string of the molecule is Cc1nc(CN(C)CC(Cl)C(=O)O)cs1. The van der Waals surface area contributed by atoms with Crippen LogP contribution >= 0.6 is 22.9 Å². The number of thiazole rings is 1. The summed E-state index contributed by atoms with van der Waals surface area (Å²) in [6.45, 7) is 2.88. The molecule has 1 aromatic heterocycles. The number of hydrogen-bond donors (Lipinski definition) is 1. The lowest BCUT2D eigenvalue weighted by Gasteiger charge is -2.16. The van der Waals surface area contributed by atoms with E-state index in [4.69, 9.17) is 16.7 Å². The van der Waals surface area contributed by atoms with Gasteiger partial charge in [0.25, 0.3) is 0 Å². The van der Waals surface area contributed by atoms with E-state index in [0.29, 0.717) is 13.1 Å². The Bertz CT molecular complexity index is 343. The van der Waals surface area contributed by atoms with Crippen molar-refractivity contribution in [2.75, 3.05) is 13.6 Å². The molecular formula is C9H13ClN2O2S. The highest BCUT2D eigenvalue weighted by Crippen LogP contribution is 2.10. The van der Waals surface area contributed by atoms with Crippen LogP contribution in [0.3, 0.4) is 0 Å². The Labute approximate surface area is 97.5 Å². The Balaban J connectivity index is 2.42. The van der Waals surface area contributed by atoms with Crippen molar-refractivity contribution in [2.45, 2.75) is 18.8 Å². The second kappa shape index (κ2) is 5.44. The van der Waals surface area contributed by atoms with Gasteiger partial charge >= 0.3 is 5.97 Å². The molecule has 1 aromatic rings. The lowest BCUT2D eigenvalue weighted by molar-refractivity contribution is -0.136. The van der Waals surface area contributed by atoms with Crippen LogP contribution < -0.4 is 0 Å². The maximum atomic E-state index is 10.5. The van der Waals surface area contributed by atoms with Gasteiger partial charge in [0.05, 0.1) is 10.7 Å². The van der Waals surface area contributed by atoms with Gasteiger partial charge in [-0.25, -0.2) is 4.98 Å². The molecule has 6 heteroatoms. The summed E-state index contributed by atoms with van der Waals surface area (Å²) in [4.78, 5) is 16.7. The zero-order valence-electron chi connectivity index (χ0n) is 8.61. The molecule has 4 nitrogen and oxygen atoms in total. The van der Waals surface area contributed by atoms with Crippen LogP contribution in [-0.4, -0.2) is 39.9 Å². The van der Waals surface area contributed by atoms with Gasteiger partial charge in [0.15, 0.2) is 0 Å². The van der Waals surface area contributed by atoms with Gasteiger partial charge in [-0.3, -0.25) is 9.69 Å². The zero-order chi connectivity index (χ0) is 11.4. The molecule has 15 heavy (non-hydrogen) atoms. The lowest BCUT2D eigenvalue weighted by Crippen LogP contribution is -2.30. The zero-order valence-corrected chi connectivity index (χ0v) is 10.2. The quantitative estimate of drug-likeness (QED) is 0.804. The molecule has 1 heterocycles. The Morgan fingerprint density at radius 3 is 2.93 bits per heavy atom. The number of hydrogen-bond acceptors (Lipinski definition) is 4. The smallest absolute Gasteiger partial charge is 0.322 e. The number of aromatic nitrogens is 1. The summed E-state index contributed by atoms with van der Waals surface area (Å²) >= 11 is 7.21. The number of aliphatic carboxylic acids is 1. The van der Waals surface area contributed by atoms with Crippen molar-refractivity contribution in [3.05, 3.63) is 16.1 Å². The summed E-state index contributed by atoms with van der Waals surface area (Å²) in [5.74, 6) is -0.988. The van der Waals surface area contributed by atoms with E-state index in [0.717, 1.165) is 10.7 Å². The Morgan fingerprint density at radius 2 is 2.47 bits per heavy atom. The topological polar surface area (TPSA) is 53.4 Å². The molecule has 1 rings (SSSR count). The first kappa shape index (κ1) is 12.4. The number of carboxylic acid groups (broad SMARTS) is 1. The number of carboxylic acids is 1. The van der Waals surface area contributed by atoms with E-state index in [9.17, 15) is 4.79 Å². The summed E-state index contributed by atoms with van der Waals surface area (Å²) in [5, 5.41) is 10.7. The van der Waals surface area contributed by atoms with Crippen LogP contribution in [-0.2, 0) is 11.3 Å². The summed E-state index contributed by atoms with van der Waals surface area (Å²) in [6, 6.07) is 0. The Kier molecular flexibility index (Phi) is 4.50. The highest BCUT2D eigenvalue weighted by atomic mass is 35.5. The van der Waals surface area contributed by atoms with Crippen molar-refractivity contribution in [2.24, 2.45) is 0 Å². The number of rotatable bonds is 5. The number of nitrogens with zero attached hydrogens (tertiary/aromatic N) is 2. The standard InChI is InChI=1S/C9H13ClN2O2S/c1-6-11-7(5-15-6)3-12(2)4-8(10)9(13)14/h5,8H,3-4H2,1-2H3,(H,13,14). The third-order valence-corrected chi connectivity index (χ3v) is 2.99. The average molecular weight is 249 g/mol. The van der Waals surface area contributed by atoms with Crippen molar-refractivity contribution < 1.29 is 9.90 Å². The van der Waals surface area contributed by atoms with Crippen LogP contribution in [0.5, 0.6) is 0 Å². The van der Waals surface area contributed by atoms with Gasteiger partial charge in [0.2, 0.25) is 0 Å². The Morgan fingerprint density at radius 1 is 1.80 bits per heavy atom. The minimum absolute atomic E-state index is 0.313. The van der Waals surface area contributed by atoms with Crippen molar-refractivity contribution in [3.63, 3.8) is 0 Å². The molecule has 0 bridgehead atoms. The van der Waals surface area contributed by atoms with E-state index >= 15 is 0 Å². The second-order valence-corrected chi connectivity index (χ2v) is 4.95. The van der Waals surface area contributed by atoms with E-state index in [1.54, 1.807) is 11.3 Å². The van der Waals surface area contributed by atoms with E-state index < -0.39 is 11.3 Å². The van der Waals surface area contributed by atoms with Crippen LogP contribution in [0.15, 0.2) is 5.38 Å². The highest BCUT2D eigenvalue weighted by Gasteiger charge is 2.16. The molecule has 0 aliphatic rings. The molecule has 0 aromatic carbocycles. The molecular weight excluding hydrogens is 236 g/mol. The van der Waals surface area contributed by atoms with Gasteiger partial charge in [-0.2, -0.15) is 0 Å². The van der Waals surface area contributed by atoms with Gasteiger partial charge in [-0.05, 0) is 14.0 Å². The molecule has 0 aliphatic heterocycles. The molecule has 1 N–H and O–H groups in total. The van der Waals surface area contributed by atoms with E-state index in [-0.39, 0.29) is 0 Å². The van der Waals surface area contributed by atoms with Crippen LogP contribution in [0.2, 0.25) is 0 Å². The number of aryl methyl sites for hydroxylation is 1. The van der Waals surface area contributed by atoms with Crippen LogP contribution in [0.25, 0.3) is 0 Å². The fourth-order valence-corrected chi connectivity index (χ4v) is 2.01. The molecule has 1 atom stereocenters. The highest BCUT2D eigenvalue weighted by molar-refractivity contribution is 7.09. The summed E-state index contributed by atoms with van der Waals surface area (Å²) < 4.78 is 0. The molecule has 0 fully saturated rings. The number of carbonyl (C=O) groups is 1. The van der Waals surface area contributed by atoms with Gasteiger partial charge in [0.1, 0.15) is 5.38 Å². The largest absolute Gasteiger partial charge is 0.480 e. The molecule has 0 aliphatic carbocycles. The molecule has 84 valence electrons. The molecule has 0 spiro atoms. The monoisotopic (exact) mass is 248 g/mol. The van der Waals surface area contributed by atoms with Crippen LogP contribution in [0.4, 0.5) is 0 Å². The van der Waals surface area contributed by atoms with Gasteiger partial charge in [-0.1, -0.05) is 0 Å². The summed E-state index contributed by atoms with van der Waals surface area (Å²) in [6.07, 6.45) is 0. The minimum Gasteiger partial charge on any atom is -0.480 e. The third-order valence-electron chi connectivity index (χ3n) is 1.84. The second-order valence-electron chi connectivity index (χ2n) is 3.36. The first-order valence-corrected chi connectivity index (χ1v) is 5.77. The van der Waals surface area contributed by atoms with Gasteiger partial charge < -0.3 is 5.11 Å². The van der Waals surface area contributed by atoms with E-state index in [2.05, 4.69) is 4.98 Å². The fourth-order valence-electron chi connectivity index (χ4n) is 1.17. The van der Waals surface area contributed by atoms with Gasteiger partial charge in [0, 0.05) is 18.5 Å². The van der Waals surface area contributed by atoms with Gasteiger partial charge in [-0.15, -0.1) is 22.9 Å².